The molecule has 0 heterocycles. The monoisotopic (exact) mass is 161 g/mol. The van der Waals surface area contributed by atoms with Crippen molar-refractivity contribution in [3.63, 3.8) is 0 Å². The molecular formula is C11H15N. The topological polar surface area (TPSA) is 26.0 Å². The van der Waals surface area contributed by atoms with Crippen LogP contribution >= 0.6 is 0 Å². The SMILES string of the molecule is NC1[C@H]2[C@H]3C[C@H]4[C@H]5C[C@@H]([C@H]1[C@@H]53)[C@@H]42. The van der Waals surface area contributed by atoms with Gasteiger partial charge in [0.15, 0.2) is 0 Å². The largest absolute Gasteiger partial charge is 0.327 e. The van der Waals surface area contributed by atoms with Gasteiger partial charge >= 0.3 is 0 Å². The second-order valence-electron chi connectivity index (χ2n) is 6.01. The van der Waals surface area contributed by atoms with Crippen molar-refractivity contribution in [3.8, 4) is 0 Å². The molecule has 64 valence electrons. The van der Waals surface area contributed by atoms with E-state index in [1.807, 2.05) is 0 Å². The Hall–Kier alpha value is -0.0400. The molecule has 6 aliphatic rings. The fraction of sp³-hybridized carbons (Fsp3) is 1.00. The first-order valence-corrected chi connectivity index (χ1v) is 5.63. The smallest absolute Gasteiger partial charge is 0.0107 e. The Labute approximate surface area is 72.7 Å². The minimum absolute atomic E-state index is 0.646. The normalized spacial score (nSPS) is 85.2. The molecule has 0 saturated heterocycles. The first kappa shape index (κ1) is 5.64. The van der Waals surface area contributed by atoms with Gasteiger partial charge in [-0.15, -0.1) is 0 Å². The van der Waals surface area contributed by atoms with Gasteiger partial charge in [-0.2, -0.15) is 0 Å². The summed E-state index contributed by atoms with van der Waals surface area (Å²) in [6, 6.07) is 0.646. The summed E-state index contributed by atoms with van der Waals surface area (Å²) in [5.41, 5.74) is 6.34. The van der Waals surface area contributed by atoms with Gasteiger partial charge in [0.05, 0.1) is 0 Å². The first-order chi connectivity index (χ1) is 5.88. The lowest BCUT2D eigenvalue weighted by molar-refractivity contribution is 0.132. The van der Waals surface area contributed by atoms with Crippen molar-refractivity contribution in [1.29, 1.82) is 0 Å². The highest BCUT2D eigenvalue weighted by atomic mass is 14.9. The molecule has 0 aromatic carbocycles. The maximum absolute atomic E-state index is 6.34. The summed E-state index contributed by atoms with van der Waals surface area (Å²) >= 11 is 0. The van der Waals surface area contributed by atoms with Crippen LogP contribution in [0.1, 0.15) is 12.8 Å². The number of hydrogen-bond acceptors (Lipinski definition) is 1. The van der Waals surface area contributed by atoms with Crippen LogP contribution in [0.2, 0.25) is 0 Å². The molecule has 2 N–H and O–H groups in total. The Bertz CT molecular complexity index is 251. The Morgan fingerprint density at radius 3 is 1.67 bits per heavy atom. The molecule has 1 unspecified atom stereocenters. The van der Waals surface area contributed by atoms with Gasteiger partial charge in [0.1, 0.15) is 0 Å². The van der Waals surface area contributed by atoms with E-state index < -0.39 is 0 Å². The van der Waals surface area contributed by atoms with E-state index in [2.05, 4.69) is 0 Å². The molecule has 0 spiro atoms. The summed E-state index contributed by atoms with van der Waals surface area (Å²) in [5.74, 6) is 8.84. The maximum atomic E-state index is 6.34. The quantitative estimate of drug-likeness (QED) is 0.565. The Balaban J connectivity index is 1.89. The lowest BCUT2D eigenvalue weighted by Gasteiger charge is -2.33. The third-order valence-electron chi connectivity index (χ3n) is 6.38. The van der Waals surface area contributed by atoms with E-state index in [-0.39, 0.29) is 0 Å². The minimum Gasteiger partial charge on any atom is -0.327 e. The molecule has 9 atom stereocenters. The fourth-order valence-corrected chi connectivity index (χ4v) is 6.69. The van der Waals surface area contributed by atoms with E-state index >= 15 is 0 Å². The van der Waals surface area contributed by atoms with Crippen LogP contribution in [0.3, 0.4) is 0 Å². The van der Waals surface area contributed by atoms with Gasteiger partial charge in [-0.25, -0.2) is 0 Å². The van der Waals surface area contributed by atoms with Crippen LogP contribution < -0.4 is 5.73 Å². The molecule has 6 aliphatic carbocycles. The van der Waals surface area contributed by atoms with Gasteiger partial charge < -0.3 is 5.73 Å². The van der Waals surface area contributed by atoms with Gasteiger partial charge in [-0.3, -0.25) is 0 Å². The molecule has 0 amide bonds. The van der Waals surface area contributed by atoms with E-state index in [1.165, 1.54) is 11.8 Å². The third-order valence-corrected chi connectivity index (χ3v) is 6.38. The van der Waals surface area contributed by atoms with Crippen LogP contribution in [0.4, 0.5) is 0 Å². The summed E-state index contributed by atoms with van der Waals surface area (Å²) in [6.45, 7) is 0. The predicted molar refractivity (Wildman–Crippen MR) is 45.1 cm³/mol. The van der Waals surface area contributed by atoms with Crippen LogP contribution in [0.5, 0.6) is 0 Å². The molecule has 6 saturated carbocycles. The molecule has 0 aliphatic heterocycles. The summed E-state index contributed by atoms with van der Waals surface area (Å²) in [7, 11) is 0. The summed E-state index contributed by atoms with van der Waals surface area (Å²) in [4.78, 5) is 0. The summed E-state index contributed by atoms with van der Waals surface area (Å²) in [5, 5.41) is 0. The van der Waals surface area contributed by atoms with Gasteiger partial charge in [0, 0.05) is 6.04 Å². The van der Waals surface area contributed by atoms with Crippen molar-refractivity contribution >= 4 is 0 Å². The van der Waals surface area contributed by atoms with E-state index in [9.17, 15) is 0 Å². The molecule has 0 radical (unpaired) electrons. The molecule has 6 fully saturated rings. The van der Waals surface area contributed by atoms with Gasteiger partial charge in [0.2, 0.25) is 0 Å². The van der Waals surface area contributed by atoms with Crippen molar-refractivity contribution in [2.75, 3.05) is 0 Å². The molecule has 0 aromatic heterocycles. The number of rotatable bonds is 0. The Morgan fingerprint density at radius 1 is 0.667 bits per heavy atom. The van der Waals surface area contributed by atoms with Gasteiger partial charge in [-0.1, -0.05) is 0 Å². The zero-order valence-corrected chi connectivity index (χ0v) is 7.19. The van der Waals surface area contributed by atoms with Crippen LogP contribution in [0.15, 0.2) is 0 Å². The summed E-state index contributed by atoms with van der Waals surface area (Å²) < 4.78 is 0. The van der Waals surface area contributed by atoms with Crippen molar-refractivity contribution in [2.45, 2.75) is 18.9 Å². The maximum Gasteiger partial charge on any atom is 0.0107 e. The van der Waals surface area contributed by atoms with E-state index in [0.29, 0.717) is 6.04 Å². The van der Waals surface area contributed by atoms with Gasteiger partial charge in [-0.05, 0) is 60.2 Å². The molecular weight excluding hydrogens is 146 g/mol. The van der Waals surface area contributed by atoms with E-state index in [1.54, 1.807) is 12.8 Å². The van der Waals surface area contributed by atoms with Crippen LogP contribution in [0, 0.1) is 47.3 Å². The Morgan fingerprint density at radius 2 is 1.17 bits per heavy atom. The molecule has 12 heavy (non-hydrogen) atoms. The van der Waals surface area contributed by atoms with Crippen LogP contribution in [-0.2, 0) is 0 Å². The minimum atomic E-state index is 0.646. The first-order valence-electron chi connectivity index (χ1n) is 5.63. The number of hydrogen-bond donors (Lipinski definition) is 1. The van der Waals surface area contributed by atoms with Crippen LogP contribution in [-0.4, -0.2) is 6.04 Å². The van der Waals surface area contributed by atoms with Gasteiger partial charge in [0.25, 0.3) is 0 Å². The highest BCUT2D eigenvalue weighted by molar-refractivity contribution is 5.28. The zero-order valence-electron chi connectivity index (χ0n) is 7.19. The van der Waals surface area contributed by atoms with E-state index in [0.717, 1.165) is 35.5 Å². The zero-order chi connectivity index (χ0) is 7.61. The van der Waals surface area contributed by atoms with E-state index in [4.69, 9.17) is 5.73 Å². The predicted octanol–water partition coefficient (Wildman–Crippen LogP) is 1.09. The van der Waals surface area contributed by atoms with Crippen molar-refractivity contribution < 1.29 is 0 Å². The average Bonchev–Trinajstić information content (AvgIpc) is 2.68. The second kappa shape index (κ2) is 1.30. The summed E-state index contributed by atoms with van der Waals surface area (Å²) in [6.07, 6.45) is 3.18. The lowest BCUT2D eigenvalue weighted by Crippen LogP contribution is -2.30. The van der Waals surface area contributed by atoms with Crippen LogP contribution in [0.25, 0.3) is 0 Å². The molecule has 6 rings (SSSR count). The standard InChI is InChI=1S/C11H15N/c12-11-9-5-1-3-4-2-6(7(3)9)10(11)8(4)5/h3-11H,1-2,12H2/t3-,4+,5-,6+,7+,8-,9-,10-,11?/m0/s1. The third kappa shape index (κ3) is 0.296. The second-order valence-corrected chi connectivity index (χ2v) is 6.01. The fourth-order valence-electron chi connectivity index (χ4n) is 6.69. The van der Waals surface area contributed by atoms with Crippen molar-refractivity contribution in [2.24, 2.45) is 53.1 Å². The highest BCUT2D eigenvalue weighted by Crippen LogP contribution is 2.82. The molecule has 1 heteroatoms. The van der Waals surface area contributed by atoms with Crippen molar-refractivity contribution in [1.82, 2.24) is 0 Å². The molecule has 1 nitrogen and oxygen atoms in total. The van der Waals surface area contributed by atoms with Crippen molar-refractivity contribution in [3.05, 3.63) is 0 Å². The lowest BCUT2D eigenvalue weighted by atomic mass is 9.71. The molecule has 0 aromatic rings. The highest BCUT2D eigenvalue weighted by Gasteiger charge is 2.79. The number of nitrogens with two attached hydrogens (primary N) is 1. The Kier molecular flexibility index (Phi) is 0.609. The molecule has 6 bridgehead atoms. The average molecular weight is 161 g/mol.